The second-order valence-electron chi connectivity index (χ2n) is 5.42. The maximum Gasteiger partial charge on any atom is 0.323 e. The van der Waals surface area contributed by atoms with Gasteiger partial charge in [0, 0.05) is 26.2 Å². The summed E-state index contributed by atoms with van der Waals surface area (Å²) in [5, 5.41) is 0. The number of nitrogens with one attached hydrogen (secondary N) is 1. The summed E-state index contributed by atoms with van der Waals surface area (Å²) in [6.07, 6.45) is 0.239. The Kier molecular flexibility index (Phi) is 6.58. The molecule has 0 aliphatic carbocycles. The molecule has 9 heteroatoms. The van der Waals surface area contributed by atoms with Crippen LogP contribution in [0.4, 0.5) is 0 Å². The van der Waals surface area contributed by atoms with Gasteiger partial charge in [0.25, 0.3) is 0 Å². The molecule has 0 unspecified atom stereocenters. The van der Waals surface area contributed by atoms with Crippen molar-refractivity contribution in [3.05, 3.63) is 24.3 Å². The Hall–Kier alpha value is -2.81. The molecule has 3 amide bonds. The van der Waals surface area contributed by atoms with E-state index >= 15 is 0 Å². The number of nitrogens with zero attached hydrogens (tertiary/aromatic N) is 2. The van der Waals surface area contributed by atoms with E-state index in [0.29, 0.717) is 31.9 Å². The molecule has 136 valence electrons. The molecule has 1 aliphatic heterocycles. The SMILES string of the molecule is COc1ccc(OCCC(=O)N2CCN(C(=O)C(=O)NN)CC2)cc1. The smallest absolute Gasteiger partial charge is 0.323 e. The fraction of sp³-hybridized carbons (Fsp3) is 0.438. The molecule has 1 fully saturated rings. The minimum atomic E-state index is -0.854. The molecule has 3 N–H and O–H groups in total. The number of hydrogen-bond donors (Lipinski definition) is 2. The zero-order valence-corrected chi connectivity index (χ0v) is 14.1. The molecule has 2 rings (SSSR count). The van der Waals surface area contributed by atoms with Gasteiger partial charge in [0.15, 0.2) is 0 Å². The van der Waals surface area contributed by atoms with Gasteiger partial charge in [-0.15, -0.1) is 0 Å². The third-order valence-electron chi connectivity index (χ3n) is 3.89. The third-order valence-corrected chi connectivity index (χ3v) is 3.89. The van der Waals surface area contributed by atoms with Gasteiger partial charge in [-0.3, -0.25) is 19.8 Å². The van der Waals surface area contributed by atoms with Crippen molar-refractivity contribution >= 4 is 17.7 Å². The number of hydrogen-bond acceptors (Lipinski definition) is 6. The summed E-state index contributed by atoms with van der Waals surface area (Å²) in [6.45, 7) is 1.63. The van der Waals surface area contributed by atoms with Crippen molar-refractivity contribution in [3.8, 4) is 11.5 Å². The van der Waals surface area contributed by atoms with Gasteiger partial charge in [-0.05, 0) is 24.3 Å². The predicted octanol–water partition coefficient (Wildman–Crippen LogP) is -0.875. The number of methoxy groups -OCH3 is 1. The average Bonchev–Trinajstić information content (AvgIpc) is 2.67. The largest absolute Gasteiger partial charge is 0.497 e. The van der Waals surface area contributed by atoms with Gasteiger partial charge < -0.3 is 19.3 Å². The number of ether oxygens (including phenoxy) is 2. The molecule has 0 atom stereocenters. The molecule has 1 saturated heterocycles. The van der Waals surface area contributed by atoms with Crippen LogP contribution in [0.1, 0.15) is 6.42 Å². The monoisotopic (exact) mass is 350 g/mol. The minimum absolute atomic E-state index is 0.0520. The number of rotatable bonds is 5. The van der Waals surface area contributed by atoms with E-state index < -0.39 is 11.8 Å². The van der Waals surface area contributed by atoms with Crippen LogP contribution in [0.2, 0.25) is 0 Å². The van der Waals surface area contributed by atoms with E-state index in [1.165, 1.54) is 4.90 Å². The van der Waals surface area contributed by atoms with E-state index in [-0.39, 0.29) is 18.9 Å². The maximum atomic E-state index is 12.2. The standard InChI is InChI=1S/C16H22N4O5/c1-24-12-2-4-13(5-3-12)25-11-6-14(21)19-7-9-20(10-8-19)16(23)15(22)18-17/h2-5H,6-11,17H2,1H3,(H,18,22). The second-order valence-corrected chi connectivity index (χ2v) is 5.42. The van der Waals surface area contributed by atoms with Gasteiger partial charge in [-0.25, -0.2) is 5.84 Å². The number of amides is 3. The Morgan fingerprint density at radius 2 is 1.60 bits per heavy atom. The summed E-state index contributed by atoms with van der Waals surface area (Å²) in [7, 11) is 1.59. The van der Waals surface area contributed by atoms with Crippen LogP contribution in [0.5, 0.6) is 11.5 Å². The summed E-state index contributed by atoms with van der Waals surface area (Å²) in [5.74, 6) is 4.75. The van der Waals surface area contributed by atoms with Crippen LogP contribution in [-0.4, -0.2) is 67.4 Å². The van der Waals surface area contributed by atoms with Crippen molar-refractivity contribution in [1.29, 1.82) is 0 Å². The molecule has 1 heterocycles. The highest BCUT2D eigenvalue weighted by molar-refractivity contribution is 6.34. The van der Waals surface area contributed by atoms with E-state index in [9.17, 15) is 14.4 Å². The highest BCUT2D eigenvalue weighted by Gasteiger charge is 2.27. The molecule has 1 aliphatic rings. The van der Waals surface area contributed by atoms with Crippen molar-refractivity contribution in [2.24, 2.45) is 5.84 Å². The lowest BCUT2D eigenvalue weighted by atomic mass is 10.2. The minimum Gasteiger partial charge on any atom is -0.497 e. The number of benzene rings is 1. The first-order chi connectivity index (χ1) is 12.0. The lowest BCUT2D eigenvalue weighted by molar-refractivity contribution is -0.148. The number of hydrazine groups is 1. The maximum absolute atomic E-state index is 12.2. The number of piperazine rings is 1. The van der Waals surface area contributed by atoms with Crippen molar-refractivity contribution in [3.63, 3.8) is 0 Å². The van der Waals surface area contributed by atoms with E-state index in [2.05, 4.69) is 0 Å². The molecular formula is C16H22N4O5. The van der Waals surface area contributed by atoms with Gasteiger partial charge in [-0.1, -0.05) is 0 Å². The Labute approximate surface area is 145 Å². The Morgan fingerprint density at radius 3 is 2.16 bits per heavy atom. The van der Waals surface area contributed by atoms with Gasteiger partial charge >= 0.3 is 11.8 Å². The number of nitrogens with two attached hydrogens (primary N) is 1. The highest BCUT2D eigenvalue weighted by atomic mass is 16.5. The van der Waals surface area contributed by atoms with E-state index in [1.807, 2.05) is 5.43 Å². The molecule has 0 saturated carbocycles. The topological polar surface area (TPSA) is 114 Å². The lowest BCUT2D eigenvalue weighted by Gasteiger charge is -2.34. The first-order valence-electron chi connectivity index (χ1n) is 7.89. The average molecular weight is 350 g/mol. The summed E-state index contributed by atoms with van der Waals surface area (Å²) in [4.78, 5) is 38.1. The molecule has 1 aromatic rings. The Morgan fingerprint density at radius 1 is 1.04 bits per heavy atom. The molecule has 25 heavy (non-hydrogen) atoms. The van der Waals surface area contributed by atoms with Gasteiger partial charge in [0.05, 0.1) is 20.1 Å². The normalized spacial score (nSPS) is 14.0. The van der Waals surface area contributed by atoms with Gasteiger partial charge in [-0.2, -0.15) is 0 Å². The van der Waals surface area contributed by atoms with Crippen LogP contribution in [-0.2, 0) is 14.4 Å². The van der Waals surface area contributed by atoms with Crippen molar-refractivity contribution in [2.45, 2.75) is 6.42 Å². The van der Waals surface area contributed by atoms with Crippen LogP contribution < -0.4 is 20.7 Å². The fourth-order valence-electron chi connectivity index (χ4n) is 2.45. The van der Waals surface area contributed by atoms with Crippen LogP contribution in [0.3, 0.4) is 0 Å². The Balaban J connectivity index is 1.71. The molecule has 9 nitrogen and oxygen atoms in total. The molecule has 0 radical (unpaired) electrons. The molecule has 0 bridgehead atoms. The zero-order chi connectivity index (χ0) is 18.2. The van der Waals surface area contributed by atoms with Gasteiger partial charge in [0.2, 0.25) is 5.91 Å². The van der Waals surface area contributed by atoms with Crippen LogP contribution in [0.25, 0.3) is 0 Å². The molecule has 0 aromatic heterocycles. The van der Waals surface area contributed by atoms with Crippen LogP contribution >= 0.6 is 0 Å². The lowest BCUT2D eigenvalue weighted by Crippen LogP contribution is -2.54. The summed E-state index contributed by atoms with van der Waals surface area (Å²) >= 11 is 0. The summed E-state index contributed by atoms with van der Waals surface area (Å²) in [5.41, 5.74) is 1.81. The van der Waals surface area contributed by atoms with Crippen molar-refractivity contribution < 1.29 is 23.9 Å². The second kappa shape index (κ2) is 8.88. The molecule has 1 aromatic carbocycles. The van der Waals surface area contributed by atoms with Crippen molar-refractivity contribution in [2.75, 3.05) is 39.9 Å². The quantitative estimate of drug-likeness (QED) is 0.309. The zero-order valence-electron chi connectivity index (χ0n) is 14.1. The molecular weight excluding hydrogens is 328 g/mol. The highest BCUT2D eigenvalue weighted by Crippen LogP contribution is 2.17. The Bertz CT molecular complexity index is 611. The predicted molar refractivity (Wildman–Crippen MR) is 88.6 cm³/mol. The first kappa shape index (κ1) is 18.5. The van der Waals surface area contributed by atoms with E-state index in [0.717, 1.165) is 5.75 Å². The summed E-state index contributed by atoms with van der Waals surface area (Å²) < 4.78 is 10.6. The third kappa shape index (κ3) is 5.08. The van der Waals surface area contributed by atoms with Gasteiger partial charge in [0.1, 0.15) is 11.5 Å². The number of carbonyl (C=O) groups is 3. The van der Waals surface area contributed by atoms with Crippen molar-refractivity contribution in [1.82, 2.24) is 15.2 Å². The van der Waals surface area contributed by atoms with Crippen LogP contribution in [0, 0.1) is 0 Å². The van der Waals surface area contributed by atoms with E-state index in [1.54, 1.807) is 36.3 Å². The number of carbonyl (C=O) groups excluding carboxylic acids is 3. The first-order valence-corrected chi connectivity index (χ1v) is 7.89. The fourth-order valence-corrected chi connectivity index (χ4v) is 2.45. The molecule has 0 spiro atoms. The van der Waals surface area contributed by atoms with Crippen LogP contribution in [0.15, 0.2) is 24.3 Å². The van der Waals surface area contributed by atoms with E-state index in [4.69, 9.17) is 15.3 Å². The summed E-state index contributed by atoms with van der Waals surface area (Å²) in [6, 6.07) is 7.11.